The Morgan fingerprint density at radius 2 is 2.05 bits per heavy atom. The Balaban J connectivity index is 2.14. The van der Waals surface area contributed by atoms with Crippen molar-refractivity contribution < 1.29 is 14.4 Å². The molecule has 1 heterocycles. The minimum absolute atomic E-state index is 0.231. The Morgan fingerprint density at radius 3 is 2.65 bits per heavy atom. The van der Waals surface area contributed by atoms with E-state index in [0.717, 1.165) is 18.7 Å². The van der Waals surface area contributed by atoms with Gasteiger partial charge in [-0.05, 0) is 41.2 Å². The molecule has 106 valence electrons. The lowest BCUT2D eigenvalue weighted by Crippen LogP contribution is -2.36. The van der Waals surface area contributed by atoms with Crippen LogP contribution in [-0.4, -0.2) is 28.6 Å². The molecule has 0 saturated heterocycles. The summed E-state index contributed by atoms with van der Waals surface area (Å²) in [6, 6.07) is 8.22. The van der Waals surface area contributed by atoms with E-state index in [0.29, 0.717) is 6.54 Å². The van der Waals surface area contributed by atoms with Gasteiger partial charge in [0, 0.05) is 18.0 Å². The lowest BCUT2D eigenvalue weighted by molar-refractivity contribution is 0.274. The highest BCUT2D eigenvalue weighted by Crippen LogP contribution is 2.14. The third-order valence-corrected chi connectivity index (χ3v) is 4.05. The van der Waals surface area contributed by atoms with Crippen LogP contribution in [0.4, 0.5) is 4.39 Å². The van der Waals surface area contributed by atoms with Crippen molar-refractivity contribution in [3.63, 3.8) is 0 Å². The average Bonchev–Trinajstić information content (AvgIpc) is 2.92. The van der Waals surface area contributed by atoms with E-state index in [-0.39, 0.29) is 5.46 Å². The molecule has 3 nitrogen and oxygen atoms in total. The van der Waals surface area contributed by atoms with Gasteiger partial charge in [-0.25, -0.2) is 4.39 Å². The van der Waals surface area contributed by atoms with Crippen molar-refractivity contribution in [1.82, 2.24) is 4.90 Å². The van der Waals surface area contributed by atoms with E-state index in [1.54, 1.807) is 17.4 Å². The number of hydrogen-bond acceptors (Lipinski definition) is 4. The third kappa shape index (κ3) is 3.90. The summed E-state index contributed by atoms with van der Waals surface area (Å²) in [5.74, 6) is -0.460. The fraction of sp³-hybridized carbons (Fsp3) is 0.286. The van der Waals surface area contributed by atoms with Crippen molar-refractivity contribution in [3.8, 4) is 0 Å². The molecule has 20 heavy (non-hydrogen) atoms. The highest BCUT2D eigenvalue weighted by molar-refractivity contribution is 7.09. The minimum atomic E-state index is -1.65. The molecular formula is C14H17BFNO2S. The highest BCUT2D eigenvalue weighted by atomic mass is 32.1. The van der Waals surface area contributed by atoms with Crippen LogP contribution in [0.2, 0.25) is 0 Å². The summed E-state index contributed by atoms with van der Waals surface area (Å²) in [4.78, 5) is 3.42. The number of thiophene rings is 1. The van der Waals surface area contributed by atoms with E-state index in [4.69, 9.17) is 0 Å². The molecule has 2 rings (SSSR count). The van der Waals surface area contributed by atoms with Crippen molar-refractivity contribution in [2.75, 3.05) is 6.54 Å². The second kappa shape index (κ2) is 6.99. The number of benzene rings is 1. The second-order valence-electron chi connectivity index (χ2n) is 4.60. The maximum Gasteiger partial charge on any atom is 0.488 e. The van der Waals surface area contributed by atoms with Gasteiger partial charge in [-0.3, -0.25) is 4.90 Å². The van der Waals surface area contributed by atoms with Gasteiger partial charge in [-0.2, -0.15) is 0 Å². The third-order valence-electron chi connectivity index (χ3n) is 3.19. The molecule has 0 fully saturated rings. The van der Waals surface area contributed by atoms with Gasteiger partial charge in [0.2, 0.25) is 0 Å². The molecule has 0 aliphatic heterocycles. The van der Waals surface area contributed by atoms with Crippen molar-refractivity contribution in [2.24, 2.45) is 0 Å². The Labute approximate surface area is 122 Å². The fourth-order valence-electron chi connectivity index (χ4n) is 2.09. The van der Waals surface area contributed by atoms with Gasteiger partial charge in [0.15, 0.2) is 0 Å². The fourth-order valence-corrected chi connectivity index (χ4v) is 2.84. The molecule has 1 aromatic heterocycles. The first-order chi connectivity index (χ1) is 9.60. The largest absolute Gasteiger partial charge is 0.488 e. The molecule has 0 atom stereocenters. The molecule has 2 aromatic rings. The van der Waals surface area contributed by atoms with Crippen molar-refractivity contribution in [2.45, 2.75) is 20.0 Å². The van der Waals surface area contributed by atoms with Crippen LogP contribution in [0.15, 0.2) is 35.7 Å². The Hall–Kier alpha value is -1.21. The molecule has 0 unspecified atom stereocenters. The van der Waals surface area contributed by atoms with Crippen molar-refractivity contribution in [1.29, 1.82) is 0 Å². The molecule has 0 radical (unpaired) electrons. The van der Waals surface area contributed by atoms with Gasteiger partial charge in [0.1, 0.15) is 5.82 Å². The standard InChI is InChI=1S/C14H17BFNO2S/c1-2-17(10-13-4-3-7-20-13)9-11-5-6-12(16)8-14(11)15(18)19/h3-8,18-19H,2,9-10H2,1H3. The number of rotatable bonds is 6. The van der Waals surface area contributed by atoms with Gasteiger partial charge >= 0.3 is 7.12 Å². The molecular weight excluding hydrogens is 276 g/mol. The number of nitrogens with zero attached hydrogens (tertiary/aromatic N) is 1. The second-order valence-corrected chi connectivity index (χ2v) is 5.63. The first-order valence-electron chi connectivity index (χ1n) is 6.49. The maximum absolute atomic E-state index is 13.2. The number of halogens is 1. The van der Waals surface area contributed by atoms with Crippen LogP contribution in [0.5, 0.6) is 0 Å². The van der Waals surface area contributed by atoms with Crippen LogP contribution in [0.3, 0.4) is 0 Å². The van der Waals surface area contributed by atoms with E-state index in [9.17, 15) is 14.4 Å². The lowest BCUT2D eigenvalue weighted by atomic mass is 9.77. The van der Waals surface area contributed by atoms with E-state index in [2.05, 4.69) is 11.0 Å². The van der Waals surface area contributed by atoms with Crippen LogP contribution >= 0.6 is 11.3 Å². The summed E-state index contributed by atoms with van der Waals surface area (Å²) >= 11 is 1.69. The zero-order valence-corrected chi connectivity index (χ0v) is 12.1. The molecule has 0 aliphatic rings. The zero-order valence-electron chi connectivity index (χ0n) is 11.3. The molecule has 1 aromatic carbocycles. The normalized spacial score (nSPS) is 11.1. The highest BCUT2D eigenvalue weighted by Gasteiger charge is 2.18. The molecule has 0 amide bonds. The predicted molar refractivity (Wildman–Crippen MR) is 80.3 cm³/mol. The summed E-state index contributed by atoms with van der Waals surface area (Å²) in [5, 5.41) is 20.7. The Kier molecular flexibility index (Phi) is 5.31. The van der Waals surface area contributed by atoms with E-state index in [1.165, 1.54) is 17.0 Å². The molecule has 0 saturated carbocycles. The molecule has 0 bridgehead atoms. The average molecular weight is 293 g/mol. The van der Waals surface area contributed by atoms with Crippen LogP contribution in [0.25, 0.3) is 0 Å². The van der Waals surface area contributed by atoms with Gasteiger partial charge in [-0.1, -0.05) is 19.1 Å². The van der Waals surface area contributed by atoms with E-state index in [1.807, 2.05) is 18.4 Å². The van der Waals surface area contributed by atoms with Crippen LogP contribution in [0, 0.1) is 5.82 Å². The van der Waals surface area contributed by atoms with Crippen molar-refractivity contribution in [3.05, 3.63) is 52.0 Å². The van der Waals surface area contributed by atoms with Gasteiger partial charge in [0.05, 0.1) is 0 Å². The maximum atomic E-state index is 13.2. The lowest BCUT2D eigenvalue weighted by Gasteiger charge is -2.21. The summed E-state index contributed by atoms with van der Waals surface area (Å²) in [5.41, 5.74) is 0.967. The van der Waals surface area contributed by atoms with Crippen LogP contribution in [0.1, 0.15) is 17.4 Å². The summed E-state index contributed by atoms with van der Waals surface area (Å²) in [7, 11) is -1.65. The Morgan fingerprint density at radius 1 is 1.25 bits per heavy atom. The first-order valence-corrected chi connectivity index (χ1v) is 7.37. The first kappa shape index (κ1) is 15.2. The van der Waals surface area contributed by atoms with Crippen LogP contribution in [-0.2, 0) is 13.1 Å². The van der Waals surface area contributed by atoms with Crippen LogP contribution < -0.4 is 5.46 Å². The van der Waals surface area contributed by atoms with Gasteiger partial charge in [-0.15, -0.1) is 11.3 Å². The Bertz CT molecular complexity index is 548. The SMILES string of the molecule is CCN(Cc1cccs1)Cc1ccc(F)cc1B(O)O. The predicted octanol–water partition coefficient (Wildman–Crippen LogP) is 1.59. The zero-order chi connectivity index (χ0) is 14.5. The molecule has 6 heteroatoms. The molecule has 2 N–H and O–H groups in total. The minimum Gasteiger partial charge on any atom is -0.423 e. The summed E-state index contributed by atoms with van der Waals surface area (Å²) in [6.45, 7) is 4.23. The molecule has 0 aliphatic carbocycles. The monoisotopic (exact) mass is 293 g/mol. The smallest absolute Gasteiger partial charge is 0.423 e. The quantitative estimate of drug-likeness (QED) is 0.795. The van der Waals surface area contributed by atoms with Gasteiger partial charge < -0.3 is 10.0 Å². The van der Waals surface area contributed by atoms with Crippen molar-refractivity contribution >= 4 is 23.9 Å². The van der Waals surface area contributed by atoms with Gasteiger partial charge in [0.25, 0.3) is 0 Å². The van der Waals surface area contributed by atoms with E-state index >= 15 is 0 Å². The summed E-state index contributed by atoms with van der Waals surface area (Å²) in [6.07, 6.45) is 0. The molecule has 0 spiro atoms. The van der Waals surface area contributed by atoms with E-state index < -0.39 is 12.9 Å². The summed E-state index contributed by atoms with van der Waals surface area (Å²) < 4.78 is 13.2. The topological polar surface area (TPSA) is 43.7 Å². The number of hydrogen-bond donors (Lipinski definition) is 2.